The SMILES string of the molecule is O=C(Nc1ccccc1)c1ccc(Nc2ccc(N3CCCCC3)cc2)nn1. The number of para-hydroxylation sites is 1. The van der Waals surface area contributed by atoms with Gasteiger partial charge in [0.1, 0.15) is 0 Å². The van der Waals surface area contributed by atoms with E-state index in [0.717, 1.165) is 24.5 Å². The van der Waals surface area contributed by atoms with Gasteiger partial charge >= 0.3 is 0 Å². The molecule has 0 atom stereocenters. The Hall–Kier alpha value is -3.41. The van der Waals surface area contributed by atoms with Crippen molar-refractivity contribution >= 4 is 28.8 Å². The molecule has 0 aliphatic carbocycles. The van der Waals surface area contributed by atoms with Crippen LogP contribution >= 0.6 is 0 Å². The van der Waals surface area contributed by atoms with Crippen molar-refractivity contribution in [1.82, 2.24) is 10.2 Å². The summed E-state index contributed by atoms with van der Waals surface area (Å²) in [6.07, 6.45) is 3.85. The van der Waals surface area contributed by atoms with E-state index in [2.05, 4.69) is 37.9 Å². The third-order valence-corrected chi connectivity index (χ3v) is 4.79. The number of nitrogens with one attached hydrogen (secondary N) is 2. The van der Waals surface area contributed by atoms with E-state index in [0.29, 0.717) is 5.82 Å². The van der Waals surface area contributed by atoms with Gasteiger partial charge in [-0.3, -0.25) is 4.79 Å². The predicted octanol–water partition coefficient (Wildman–Crippen LogP) is 4.46. The fourth-order valence-electron chi connectivity index (χ4n) is 3.29. The van der Waals surface area contributed by atoms with Gasteiger partial charge in [0.15, 0.2) is 11.5 Å². The van der Waals surface area contributed by atoms with E-state index in [1.807, 2.05) is 42.5 Å². The number of anilines is 4. The fourth-order valence-corrected chi connectivity index (χ4v) is 3.29. The van der Waals surface area contributed by atoms with Crippen LogP contribution in [0.4, 0.5) is 22.9 Å². The highest BCUT2D eigenvalue weighted by molar-refractivity contribution is 6.02. The van der Waals surface area contributed by atoms with Gasteiger partial charge in [0, 0.05) is 30.2 Å². The minimum Gasteiger partial charge on any atom is -0.372 e. The maximum Gasteiger partial charge on any atom is 0.276 e. The molecule has 4 rings (SSSR count). The lowest BCUT2D eigenvalue weighted by molar-refractivity contribution is 0.102. The van der Waals surface area contributed by atoms with E-state index in [1.165, 1.54) is 24.9 Å². The van der Waals surface area contributed by atoms with Crippen LogP contribution in [-0.2, 0) is 0 Å². The number of rotatable bonds is 5. The van der Waals surface area contributed by atoms with Gasteiger partial charge in [-0.15, -0.1) is 10.2 Å². The van der Waals surface area contributed by atoms with Gasteiger partial charge in [-0.2, -0.15) is 0 Å². The first-order valence-electron chi connectivity index (χ1n) is 9.60. The molecule has 2 heterocycles. The highest BCUT2D eigenvalue weighted by atomic mass is 16.1. The monoisotopic (exact) mass is 373 g/mol. The van der Waals surface area contributed by atoms with Crippen molar-refractivity contribution < 1.29 is 4.79 Å². The zero-order valence-corrected chi connectivity index (χ0v) is 15.6. The smallest absolute Gasteiger partial charge is 0.276 e. The summed E-state index contributed by atoms with van der Waals surface area (Å²) < 4.78 is 0. The lowest BCUT2D eigenvalue weighted by atomic mass is 10.1. The van der Waals surface area contributed by atoms with Crippen LogP contribution in [-0.4, -0.2) is 29.2 Å². The first kappa shape index (κ1) is 18.0. The molecule has 1 amide bonds. The first-order chi connectivity index (χ1) is 13.8. The number of nitrogens with zero attached hydrogens (tertiary/aromatic N) is 3. The second-order valence-corrected chi connectivity index (χ2v) is 6.84. The molecule has 28 heavy (non-hydrogen) atoms. The molecule has 1 saturated heterocycles. The number of piperidine rings is 1. The van der Waals surface area contributed by atoms with Gasteiger partial charge in [-0.1, -0.05) is 18.2 Å². The molecule has 0 saturated carbocycles. The molecule has 0 spiro atoms. The Morgan fingerprint density at radius 1 is 0.786 bits per heavy atom. The van der Waals surface area contributed by atoms with E-state index < -0.39 is 0 Å². The molecule has 142 valence electrons. The predicted molar refractivity (Wildman–Crippen MR) is 112 cm³/mol. The minimum atomic E-state index is -0.281. The van der Waals surface area contributed by atoms with Gasteiger partial charge < -0.3 is 15.5 Å². The fraction of sp³-hybridized carbons (Fsp3) is 0.227. The van der Waals surface area contributed by atoms with Crippen LogP contribution in [0.2, 0.25) is 0 Å². The number of amides is 1. The highest BCUT2D eigenvalue weighted by Gasteiger charge is 2.11. The van der Waals surface area contributed by atoms with Crippen LogP contribution < -0.4 is 15.5 Å². The number of carbonyl (C=O) groups excluding carboxylic acids is 1. The second kappa shape index (κ2) is 8.52. The maximum atomic E-state index is 12.2. The average Bonchev–Trinajstić information content (AvgIpc) is 2.76. The molecule has 2 aromatic carbocycles. The molecule has 6 nitrogen and oxygen atoms in total. The number of benzene rings is 2. The van der Waals surface area contributed by atoms with E-state index in [9.17, 15) is 4.79 Å². The largest absolute Gasteiger partial charge is 0.372 e. The maximum absolute atomic E-state index is 12.2. The molecule has 1 aliphatic heterocycles. The molecule has 2 N–H and O–H groups in total. The van der Waals surface area contributed by atoms with Crippen LogP contribution in [0.15, 0.2) is 66.7 Å². The number of hydrogen-bond acceptors (Lipinski definition) is 5. The molecule has 6 heteroatoms. The molecule has 0 bridgehead atoms. The lowest BCUT2D eigenvalue weighted by Gasteiger charge is -2.28. The van der Waals surface area contributed by atoms with Crippen molar-refractivity contribution in [3.63, 3.8) is 0 Å². The molecule has 0 unspecified atom stereocenters. The summed E-state index contributed by atoms with van der Waals surface area (Å²) in [5.74, 6) is 0.318. The summed E-state index contributed by atoms with van der Waals surface area (Å²) in [4.78, 5) is 14.7. The molecule has 3 aromatic rings. The van der Waals surface area contributed by atoms with E-state index in [4.69, 9.17) is 0 Å². The minimum absolute atomic E-state index is 0.273. The summed E-state index contributed by atoms with van der Waals surface area (Å²) in [6.45, 7) is 2.26. The third kappa shape index (κ3) is 4.46. The van der Waals surface area contributed by atoms with Crippen molar-refractivity contribution in [1.29, 1.82) is 0 Å². The third-order valence-electron chi connectivity index (χ3n) is 4.79. The summed E-state index contributed by atoms with van der Waals surface area (Å²) >= 11 is 0. The number of hydrogen-bond donors (Lipinski definition) is 2. The van der Waals surface area contributed by atoms with Crippen molar-refractivity contribution in [2.24, 2.45) is 0 Å². The van der Waals surface area contributed by atoms with Crippen molar-refractivity contribution in [3.05, 3.63) is 72.4 Å². The first-order valence-corrected chi connectivity index (χ1v) is 9.60. The van der Waals surface area contributed by atoms with Crippen LogP contribution in [0.3, 0.4) is 0 Å². The summed E-state index contributed by atoms with van der Waals surface area (Å²) in [7, 11) is 0. The van der Waals surface area contributed by atoms with E-state index in [-0.39, 0.29) is 11.6 Å². The Bertz CT molecular complexity index is 904. The highest BCUT2D eigenvalue weighted by Crippen LogP contribution is 2.23. The Kier molecular flexibility index (Phi) is 5.47. The molecule has 0 radical (unpaired) electrons. The average molecular weight is 373 g/mol. The summed E-state index contributed by atoms with van der Waals surface area (Å²) in [6, 6.07) is 21.0. The normalized spacial score (nSPS) is 13.8. The van der Waals surface area contributed by atoms with Crippen LogP contribution in [0.25, 0.3) is 0 Å². The Labute approximate surface area is 164 Å². The van der Waals surface area contributed by atoms with E-state index in [1.54, 1.807) is 12.1 Å². The molecule has 1 fully saturated rings. The van der Waals surface area contributed by atoms with Gasteiger partial charge in [0.05, 0.1) is 0 Å². The Balaban J connectivity index is 1.37. The van der Waals surface area contributed by atoms with Crippen LogP contribution in [0.1, 0.15) is 29.8 Å². The quantitative estimate of drug-likeness (QED) is 0.691. The number of aromatic nitrogens is 2. The standard InChI is InChI=1S/C22H23N5O/c28-22(24-17-7-3-1-4-8-17)20-13-14-21(26-25-20)23-18-9-11-19(12-10-18)27-15-5-2-6-16-27/h1,3-4,7-14H,2,5-6,15-16H2,(H,23,26)(H,24,28). The zero-order valence-electron chi connectivity index (χ0n) is 15.6. The molecular weight excluding hydrogens is 350 g/mol. The van der Waals surface area contributed by atoms with Crippen molar-refractivity contribution in [2.75, 3.05) is 28.6 Å². The topological polar surface area (TPSA) is 70.2 Å². The molecule has 1 aliphatic rings. The van der Waals surface area contributed by atoms with Gasteiger partial charge in [-0.05, 0) is 67.8 Å². The van der Waals surface area contributed by atoms with Gasteiger partial charge in [-0.25, -0.2) is 0 Å². The Morgan fingerprint density at radius 3 is 2.21 bits per heavy atom. The van der Waals surface area contributed by atoms with Gasteiger partial charge in [0.2, 0.25) is 0 Å². The zero-order chi connectivity index (χ0) is 19.2. The van der Waals surface area contributed by atoms with Gasteiger partial charge in [0.25, 0.3) is 5.91 Å². The van der Waals surface area contributed by atoms with Crippen molar-refractivity contribution in [3.8, 4) is 0 Å². The number of carbonyl (C=O) groups is 1. The second-order valence-electron chi connectivity index (χ2n) is 6.84. The van der Waals surface area contributed by atoms with Crippen LogP contribution in [0.5, 0.6) is 0 Å². The Morgan fingerprint density at radius 2 is 1.54 bits per heavy atom. The van der Waals surface area contributed by atoms with Crippen molar-refractivity contribution in [2.45, 2.75) is 19.3 Å². The lowest BCUT2D eigenvalue weighted by Crippen LogP contribution is -2.29. The van der Waals surface area contributed by atoms with E-state index >= 15 is 0 Å². The summed E-state index contributed by atoms with van der Waals surface area (Å²) in [5.41, 5.74) is 3.20. The molecule has 1 aromatic heterocycles. The summed E-state index contributed by atoms with van der Waals surface area (Å²) in [5, 5.41) is 14.2. The molecular formula is C22H23N5O. The van der Waals surface area contributed by atoms with Crippen LogP contribution in [0, 0.1) is 0 Å².